The molecule has 1 aromatic rings. The number of piperazine rings is 1. The van der Waals surface area contributed by atoms with Crippen LogP contribution in [0, 0.1) is 11.2 Å². The molecule has 8 heteroatoms. The third kappa shape index (κ3) is 4.50. The molecule has 1 aromatic carbocycles. The van der Waals surface area contributed by atoms with Crippen molar-refractivity contribution >= 4 is 15.9 Å². The van der Waals surface area contributed by atoms with Crippen molar-refractivity contribution in [3.05, 3.63) is 30.1 Å². The van der Waals surface area contributed by atoms with Gasteiger partial charge in [-0.05, 0) is 49.1 Å². The number of rotatable bonds is 5. The van der Waals surface area contributed by atoms with Crippen LogP contribution in [0.3, 0.4) is 0 Å². The summed E-state index contributed by atoms with van der Waals surface area (Å²) in [4.78, 5) is 14.6. The van der Waals surface area contributed by atoms with Gasteiger partial charge in [0.2, 0.25) is 15.9 Å². The quantitative estimate of drug-likeness (QED) is 0.823. The van der Waals surface area contributed by atoms with E-state index in [1.54, 1.807) is 4.90 Å². The highest BCUT2D eigenvalue weighted by Crippen LogP contribution is 2.38. The lowest BCUT2D eigenvalue weighted by molar-refractivity contribution is -0.135. The third-order valence-electron chi connectivity index (χ3n) is 5.92. The van der Waals surface area contributed by atoms with Gasteiger partial charge >= 0.3 is 0 Å². The molecule has 2 fully saturated rings. The molecule has 0 spiro atoms. The maximum Gasteiger partial charge on any atom is 0.243 e. The van der Waals surface area contributed by atoms with E-state index in [1.165, 1.54) is 22.9 Å². The van der Waals surface area contributed by atoms with Crippen molar-refractivity contribution in [3.63, 3.8) is 0 Å². The zero-order valence-electron chi connectivity index (χ0n) is 15.6. The van der Waals surface area contributed by atoms with E-state index in [-0.39, 0.29) is 29.3 Å². The first-order chi connectivity index (χ1) is 12.9. The molecule has 150 valence electrons. The highest BCUT2D eigenvalue weighted by atomic mass is 32.2. The Bertz CT molecular complexity index is 753. The van der Waals surface area contributed by atoms with Gasteiger partial charge in [-0.3, -0.25) is 4.79 Å². The summed E-state index contributed by atoms with van der Waals surface area (Å²) in [5.41, 5.74) is 5.89. The van der Waals surface area contributed by atoms with E-state index in [2.05, 4.69) is 0 Å². The fourth-order valence-electron chi connectivity index (χ4n) is 4.12. The zero-order valence-corrected chi connectivity index (χ0v) is 16.4. The zero-order chi connectivity index (χ0) is 19.5. The number of carbonyl (C=O) groups excluding carboxylic acids is 1. The Balaban J connectivity index is 1.59. The topological polar surface area (TPSA) is 83.7 Å². The summed E-state index contributed by atoms with van der Waals surface area (Å²) < 4.78 is 39.8. The van der Waals surface area contributed by atoms with E-state index >= 15 is 0 Å². The minimum absolute atomic E-state index is 0.0705. The van der Waals surface area contributed by atoms with E-state index in [0.717, 1.165) is 37.8 Å². The molecule has 27 heavy (non-hydrogen) atoms. The minimum Gasteiger partial charge on any atom is -0.340 e. The van der Waals surface area contributed by atoms with E-state index in [1.807, 2.05) is 0 Å². The van der Waals surface area contributed by atoms with Gasteiger partial charge in [-0.1, -0.05) is 19.3 Å². The van der Waals surface area contributed by atoms with Gasteiger partial charge < -0.3 is 10.6 Å². The second-order valence-electron chi connectivity index (χ2n) is 7.68. The molecule has 2 N–H and O–H groups in total. The number of hydrogen-bond donors (Lipinski definition) is 1. The SMILES string of the molecule is NCC1(CC(=O)N2CCN(S(=O)(=O)c3ccc(F)cc3)CC2)CCCCC1. The molecule has 0 bridgehead atoms. The van der Waals surface area contributed by atoms with Crippen LogP contribution in [0.2, 0.25) is 0 Å². The van der Waals surface area contributed by atoms with E-state index in [0.29, 0.717) is 26.1 Å². The van der Waals surface area contributed by atoms with Gasteiger partial charge in [0.05, 0.1) is 4.90 Å². The molecule has 1 amide bonds. The first kappa shape index (κ1) is 20.2. The van der Waals surface area contributed by atoms with Crippen LogP contribution in [0.25, 0.3) is 0 Å². The largest absolute Gasteiger partial charge is 0.340 e. The predicted molar refractivity (Wildman–Crippen MR) is 101 cm³/mol. The van der Waals surface area contributed by atoms with Crippen molar-refractivity contribution in [1.82, 2.24) is 9.21 Å². The lowest BCUT2D eigenvalue weighted by Gasteiger charge is -2.39. The molecule has 1 saturated heterocycles. The molecule has 1 aliphatic carbocycles. The normalized spacial score (nSPS) is 21.2. The number of benzene rings is 1. The average Bonchev–Trinajstić information content (AvgIpc) is 2.69. The van der Waals surface area contributed by atoms with Gasteiger partial charge in [-0.25, -0.2) is 12.8 Å². The molecule has 1 aliphatic heterocycles. The van der Waals surface area contributed by atoms with Crippen LogP contribution >= 0.6 is 0 Å². The van der Waals surface area contributed by atoms with Crippen LogP contribution in [0.1, 0.15) is 38.5 Å². The van der Waals surface area contributed by atoms with Gasteiger partial charge in [-0.15, -0.1) is 0 Å². The number of hydrogen-bond acceptors (Lipinski definition) is 4. The van der Waals surface area contributed by atoms with Crippen molar-refractivity contribution in [2.45, 2.75) is 43.4 Å². The molecule has 0 aromatic heterocycles. The molecule has 0 unspecified atom stereocenters. The van der Waals surface area contributed by atoms with Crippen molar-refractivity contribution in [2.75, 3.05) is 32.7 Å². The Kier molecular flexibility index (Phi) is 6.18. The van der Waals surface area contributed by atoms with Crippen LogP contribution in [0.4, 0.5) is 4.39 Å². The van der Waals surface area contributed by atoms with Crippen LogP contribution in [-0.4, -0.2) is 56.3 Å². The second kappa shape index (κ2) is 8.24. The molecule has 0 atom stereocenters. The molecular weight excluding hydrogens is 369 g/mol. The fourth-order valence-corrected chi connectivity index (χ4v) is 5.54. The lowest BCUT2D eigenvalue weighted by atomic mass is 9.71. The first-order valence-corrected chi connectivity index (χ1v) is 11.0. The van der Waals surface area contributed by atoms with Gasteiger partial charge in [0.1, 0.15) is 5.82 Å². The van der Waals surface area contributed by atoms with Crippen LogP contribution in [-0.2, 0) is 14.8 Å². The number of sulfonamides is 1. The summed E-state index contributed by atoms with van der Waals surface area (Å²) in [5, 5.41) is 0. The van der Waals surface area contributed by atoms with Crippen molar-refractivity contribution in [3.8, 4) is 0 Å². The maximum absolute atomic E-state index is 13.0. The number of amides is 1. The molecule has 1 saturated carbocycles. The summed E-state index contributed by atoms with van der Waals surface area (Å²) in [6.07, 6.45) is 5.88. The molecule has 2 aliphatic rings. The Morgan fingerprint density at radius 2 is 1.63 bits per heavy atom. The van der Waals surface area contributed by atoms with Gasteiger partial charge in [0.25, 0.3) is 0 Å². The fraction of sp³-hybridized carbons (Fsp3) is 0.632. The van der Waals surface area contributed by atoms with E-state index in [9.17, 15) is 17.6 Å². The highest BCUT2D eigenvalue weighted by Gasteiger charge is 2.36. The monoisotopic (exact) mass is 397 g/mol. The third-order valence-corrected chi connectivity index (χ3v) is 7.83. The lowest BCUT2D eigenvalue weighted by Crippen LogP contribution is -2.51. The predicted octanol–water partition coefficient (Wildman–Crippen LogP) is 1.96. The molecule has 1 heterocycles. The van der Waals surface area contributed by atoms with Crippen molar-refractivity contribution in [2.24, 2.45) is 11.1 Å². The molecule has 0 radical (unpaired) electrons. The number of halogens is 1. The second-order valence-corrected chi connectivity index (χ2v) is 9.62. The Morgan fingerprint density at radius 3 is 2.19 bits per heavy atom. The van der Waals surface area contributed by atoms with E-state index < -0.39 is 15.8 Å². The van der Waals surface area contributed by atoms with Crippen molar-refractivity contribution < 1.29 is 17.6 Å². The summed E-state index contributed by atoms with van der Waals surface area (Å²) in [6, 6.07) is 4.83. The standard InChI is InChI=1S/C19H28FN3O3S/c20-16-4-6-17(7-5-16)27(25,26)23-12-10-22(11-13-23)18(24)14-19(15-21)8-2-1-3-9-19/h4-7H,1-3,8-15,21H2. The Hall–Kier alpha value is -1.51. The Morgan fingerprint density at radius 1 is 1.04 bits per heavy atom. The number of carbonyl (C=O) groups is 1. The average molecular weight is 398 g/mol. The first-order valence-electron chi connectivity index (χ1n) is 9.60. The Labute approximate surface area is 160 Å². The van der Waals surface area contributed by atoms with Crippen molar-refractivity contribution in [1.29, 1.82) is 0 Å². The van der Waals surface area contributed by atoms with Gasteiger partial charge in [0.15, 0.2) is 0 Å². The summed E-state index contributed by atoms with van der Waals surface area (Å²) >= 11 is 0. The summed E-state index contributed by atoms with van der Waals surface area (Å²) in [6.45, 7) is 1.78. The minimum atomic E-state index is -3.66. The van der Waals surface area contributed by atoms with Crippen LogP contribution in [0.5, 0.6) is 0 Å². The van der Waals surface area contributed by atoms with E-state index in [4.69, 9.17) is 5.73 Å². The smallest absolute Gasteiger partial charge is 0.243 e. The summed E-state index contributed by atoms with van der Waals surface area (Å²) in [5.74, 6) is -0.401. The molecule has 6 nitrogen and oxygen atoms in total. The molecular formula is C19H28FN3O3S. The van der Waals surface area contributed by atoms with Crippen LogP contribution in [0.15, 0.2) is 29.2 Å². The summed E-state index contributed by atoms with van der Waals surface area (Å²) in [7, 11) is -3.66. The number of nitrogens with zero attached hydrogens (tertiary/aromatic N) is 2. The number of nitrogens with two attached hydrogens (primary N) is 1. The van der Waals surface area contributed by atoms with Crippen LogP contribution < -0.4 is 5.73 Å². The molecule has 3 rings (SSSR count). The highest BCUT2D eigenvalue weighted by molar-refractivity contribution is 7.89. The van der Waals surface area contributed by atoms with Gasteiger partial charge in [0, 0.05) is 32.6 Å². The maximum atomic E-state index is 13.0. The van der Waals surface area contributed by atoms with Gasteiger partial charge in [-0.2, -0.15) is 4.31 Å².